The van der Waals surface area contributed by atoms with Crippen LogP contribution in [-0.2, 0) is 0 Å². The van der Waals surface area contributed by atoms with Gasteiger partial charge >= 0.3 is 0 Å². The van der Waals surface area contributed by atoms with Gasteiger partial charge in [-0.3, -0.25) is 9.97 Å². The second-order valence-corrected chi connectivity index (χ2v) is 4.80. The number of nitrogens with zero attached hydrogens (tertiary/aromatic N) is 2. The van der Waals surface area contributed by atoms with Crippen LogP contribution in [0.1, 0.15) is 37.3 Å². The van der Waals surface area contributed by atoms with Crippen LogP contribution in [0, 0.1) is 5.82 Å². The molecule has 2 N–H and O–H groups in total. The highest BCUT2D eigenvalue weighted by molar-refractivity contribution is 5.20. The second-order valence-electron chi connectivity index (χ2n) is 4.80. The first kappa shape index (κ1) is 14.6. The third-order valence-electron chi connectivity index (χ3n) is 3.22. The molecule has 1 heterocycles. The zero-order valence-electron chi connectivity index (χ0n) is 11.5. The van der Waals surface area contributed by atoms with Gasteiger partial charge in [0.15, 0.2) is 0 Å². The van der Waals surface area contributed by atoms with Crippen molar-refractivity contribution in [2.45, 2.75) is 32.0 Å². The average molecular weight is 275 g/mol. The fraction of sp³-hybridized carbons (Fsp3) is 0.333. The molecule has 0 saturated heterocycles. The molecule has 4 nitrogen and oxygen atoms in total. The number of hydrogen-bond donors (Lipinski definition) is 2. The zero-order valence-corrected chi connectivity index (χ0v) is 11.5. The van der Waals surface area contributed by atoms with Crippen LogP contribution in [0.2, 0.25) is 0 Å². The molecule has 0 saturated carbocycles. The van der Waals surface area contributed by atoms with Crippen LogP contribution in [0.4, 0.5) is 4.39 Å². The Balaban J connectivity index is 2.00. The van der Waals surface area contributed by atoms with Crippen molar-refractivity contribution in [2.24, 2.45) is 0 Å². The summed E-state index contributed by atoms with van der Waals surface area (Å²) < 4.78 is 12.9. The third-order valence-corrected chi connectivity index (χ3v) is 3.22. The molecular formula is C15H18FN3O. The summed E-state index contributed by atoms with van der Waals surface area (Å²) in [4.78, 5) is 8.24. The number of halogens is 1. The number of nitrogens with one attached hydrogen (secondary N) is 1. The molecule has 0 spiro atoms. The molecule has 0 bridgehead atoms. The molecule has 0 aliphatic heterocycles. The molecule has 3 unspecified atom stereocenters. The van der Waals surface area contributed by atoms with Gasteiger partial charge in [-0.25, -0.2) is 4.39 Å². The lowest BCUT2D eigenvalue weighted by molar-refractivity contribution is 0.130. The van der Waals surface area contributed by atoms with E-state index in [1.165, 1.54) is 12.1 Å². The molecule has 2 rings (SSSR count). The maximum Gasteiger partial charge on any atom is 0.123 e. The topological polar surface area (TPSA) is 58.0 Å². The highest BCUT2D eigenvalue weighted by atomic mass is 19.1. The van der Waals surface area contributed by atoms with Crippen LogP contribution >= 0.6 is 0 Å². The molecule has 1 aromatic carbocycles. The number of hydrogen-bond acceptors (Lipinski definition) is 4. The van der Waals surface area contributed by atoms with Gasteiger partial charge < -0.3 is 10.4 Å². The highest BCUT2D eigenvalue weighted by Gasteiger charge is 2.19. The van der Waals surface area contributed by atoms with Crippen molar-refractivity contribution in [1.82, 2.24) is 15.3 Å². The molecule has 0 aliphatic rings. The highest BCUT2D eigenvalue weighted by Crippen LogP contribution is 2.19. The molecule has 0 fully saturated rings. The Kier molecular flexibility index (Phi) is 4.76. The van der Waals surface area contributed by atoms with Gasteiger partial charge in [0, 0.05) is 30.7 Å². The van der Waals surface area contributed by atoms with Crippen molar-refractivity contribution in [1.29, 1.82) is 0 Å². The van der Waals surface area contributed by atoms with Gasteiger partial charge in [-0.1, -0.05) is 12.1 Å². The number of benzene rings is 1. The number of aromatic nitrogens is 2. The maximum absolute atomic E-state index is 12.9. The van der Waals surface area contributed by atoms with Gasteiger partial charge in [-0.05, 0) is 31.5 Å². The minimum atomic E-state index is -0.713. The summed E-state index contributed by atoms with van der Waals surface area (Å²) in [6, 6.07) is 5.64. The summed E-state index contributed by atoms with van der Waals surface area (Å²) in [5.41, 5.74) is 1.49. The predicted molar refractivity (Wildman–Crippen MR) is 74.4 cm³/mol. The lowest BCUT2D eigenvalue weighted by Crippen LogP contribution is -2.34. The van der Waals surface area contributed by atoms with Gasteiger partial charge in [0.05, 0.1) is 11.8 Å². The monoisotopic (exact) mass is 275 g/mol. The van der Waals surface area contributed by atoms with E-state index in [4.69, 9.17) is 0 Å². The van der Waals surface area contributed by atoms with Crippen LogP contribution in [0.25, 0.3) is 0 Å². The molecule has 5 heteroatoms. The first-order valence-electron chi connectivity index (χ1n) is 6.53. The van der Waals surface area contributed by atoms with E-state index in [1.807, 2.05) is 13.8 Å². The Hall–Kier alpha value is -1.85. The fourth-order valence-electron chi connectivity index (χ4n) is 2.05. The number of rotatable bonds is 5. The Morgan fingerprint density at radius 1 is 1.15 bits per heavy atom. The summed E-state index contributed by atoms with van der Waals surface area (Å²) in [7, 11) is 0. The quantitative estimate of drug-likeness (QED) is 0.879. The predicted octanol–water partition coefficient (Wildman–Crippen LogP) is 2.39. The molecule has 1 aromatic heterocycles. The number of aliphatic hydroxyl groups is 1. The van der Waals surface area contributed by atoms with Gasteiger partial charge in [0.2, 0.25) is 0 Å². The van der Waals surface area contributed by atoms with E-state index < -0.39 is 6.10 Å². The van der Waals surface area contributed by atoms with E-state index in [0.29, 0.717) is 5.56 Å². The molecule has 0 radical (unpaired) electrons. The Labute approximate surface area is 117 Å². The van der Waals surface area contributed by atoms with Crippen molar-refractivity contribution >= 4 is 0 Å². The molecular weight excluding hydrogens is 257 g/mol. The van der Waals surface area contributed by atoms with E-state index in [1.54, 1.807) is 30.7 Å². The molecule has 2 aromatic rings. The molecule has 0 amide bonds. The summed E-state index contributed by atoms with van der Waals surface area (Å²) >= 11 is 0. The lowest BCUT2D eigenvalue weighted by atomic mass is 10.0. The van der Waals surface area contributed by atoms with Crippen molar-refractivity contribution in [3.8, 4) is 0 Å². The standard InChI is InChI=1S/C15H18FN3O/c1-10(14-9-17-7-8-18-14)19-11(2)15(20)12-3-5-13(16)6-4-12/h3-11,15,19-20H,1-2H3. The lowest BCUT2D eigenvalue weighted by Gasteiger charge is -2.24. The normalized spacial score (nSPS) is 15.6. The molecule has 20 heavy (non-hydrogen) atoms. The largest absolute Gasteiger partial charge is 0.387 e. The van der Waals surface area contributed by atoms with E-state index >= 15 is 0 Å². The van der Waals surface area contributed by atoms with Crippen molar-refractivity contribution in [3.05, 3.63) is 59.9 Å². The Bertz CT molecular complexity index is 533. The van der Waals surface area contributed by atoms with E-state index in [-0.39, 0.29) is 17.9 Å². The van der Waals surface area contributed by atoms with Crippen LogP contribution in [0.3, 0.4) is 0 Å². The van der Waals surface area contributed by atoms with Crippen LogP contribution < -0.4 is 5.32 Å². The van der Waals surface area contributed by atoms with Gasteiger partial charge in [0.25, 0.3) is 0 Å². The first-order valence-corrected chi connectivity index (χ1v) is 6.53. The van der Waals surface area contributed by atoms with E-state index in [2.05, 4.69) is 15.3 Å². The molecule has 0 aliphatic carbocycles. The smallest absolute Gasteiger partial charge is 0.123 e. The summed E-state index contributed by atoms with van der Waals surface area (Å²) in [6.45, 7) is 3.83. The minimum absolute atomic E-state index is 0.0335. The van der Waals surface area contributed by atoms with Gasteiger partial charge in [-0.15, -0.1) is 0 Å². The fourth-order valence-corrected chi connectivity index (χ4v) is 2.05. The van der Waals surface area contributed by atoms with E-state index in [0.717, 1.165) is 5.69 Å². The third kappa shape index (κ3) is 3.59. The Morgan fingerprint density at radius 3 is 2.45 bits per heavy atom. The zero-order chi connectivity index (χ0) is 14.5. The maximum atomic E-state index is 12.9. The molecule has 106 valence electrons. The van der Waals surface area contributed by atoms with Crippen LogP contribution in [-0.4, -0.2) is 21.1 Å². The van der Waals surface area contributed by atoms with Crippen LogP contribution in [0.5, 0.6) is 0 Å². The molecule has 3 atom stereocenters. The first-order chi connectivity index (χ1) is 9.58. The van der Waals surface area contributed by atoms with Crippen molar-refractivity contribution in [2.75, 3.05) is 0 Å². The SMILES string of the molecule is CC(NC(C)C(O)c1ccc(F)cc1)c1cnccn1. The van der Waals surface area contributed by atoms with Gasteiger partial charge in [0.1, 0.15) is 5.82 Å². The van der Waals surface area contributed by atoms with E-state index in [9.17, 15) is 9.50 Å². The summed E-state index contributed by atoms with van der Waals surface area (Å²) in [6.07, 6.45) is 4.23. The number of aliphatic hydroxyl groups excluding tert-OH is 1. The summed E-state index contributed by atoms with van der Waals surface area (Å²) in [5, 5.41) is 13.5. The Morgan fingerprint density at radius 2 is 1.85 bits per heavy atom. The van der Waals surface area contributed by atoms with Gasteiger partial charge in [-0.2, -0.15) is 0 Å². The van der Waals surface area contributed by atoms with Crippen LogP contribution in [0.15, 0.2) is 42.9 Å². The summed E-state index contributed by atoms with van der Waals surface area (Å²) in [5.74, 6) is -0.311. The van der Waals surface area contributed by atoms with Crippen molar-refractivity contribution < 1.29 is 9.50 Å². The average Bonchev–Trinajstić information content (AvgIpc) is 2.48. The second kappa shape index (κ2) is 6.54. The van der Waals surface area contributed by atoms with Crippen molar-refractivity contribution in [3.63, 3.8) is 0 Å². The minimum Gasteiger partial charge on any atom is -0.387 e.